The highest BCUT2D eigenvalue weighted by molar-refractivity contribution is 7.23. The van der Waals surface area contributed by atoms with E-state index in [0.717, 1.165) is 5.56 Å². The maximum absolute atomic E-state index is 13.4. The monoisotopic (exact) mass is 353 g/mol. The normalized spacial score (nSPS) is 11.1. The van der Waals surface area contributed by atoms with Crippen molar-refractivity contribution in [2.45, 2.75) is 6.92 Å². The van der Waals surface area contributed by atoms with Crippen molar-refractivity contribution in [2.24, 2.45) is 0 Å². The molecule has 2 heterocycles. The number of carbonyl (C=O) groups is 1. The van der Waals surface area contributed by atoms with E-state index in [1.165, 1.54) is 40.1 Å². The molecule has 0 saturated carbocycles. The Morgan fingerprint density at radius 1 is 1.24 bits per heavy atom. The standard InChI is InChI=1S/C18H12FN3O2S/c1-10-3-2-4-11(7-10)16(23)21-13-9-20-18-22(17(13)24)14-6-5-12(19)8-15(14)25-18/h2-9H,1H3,(H,21,23). The Labute approximate surface area is 145 Å². The molecule has 0 radical (unpaired) electrons. The van der Waals surface area contributed by atoms with Gasteiger partial charge in [-0.3, -0.25) is 9.59 Å². The number of carbonyl (C=O) groups excluding carboxylic acids is 1. The zero-order valence-electron chi connectivity index (χ0n) is 13.1. The summed E-state index contributed by atoms with van der Waals surface area (Å²) < 4.78 is 15.4. The van der Waals surface area contributed by atoms with Crippen LogP contribution in [0.4, 0.5) is 10.1 Å². The van der Waals surface area contributed by atoms with E-state index >= 15 is 0 Å². The summed E-state index contributed by atoms with van der Waals surface area (Å²) >= 11 is 1.22. The number of halogens is 1. The molecule has 0 saturated heterocycles. The Kier molecular flexibility index (Phi) is 3.58. The number of nitrogens with zero attached hydrogens (tertiary/aromatic N) is 2. The van der Waals surface area contributed by atoms with Gasteiger partial charge in [0.05, 0.1) is 16.4 Å². The van der Waals surface area contributed by atoms with Gasteiger partial charge in [-0.15, -0.1) is 0 Å². The molecule has 2 aromatic carbocycles. The van der Waals surface area contributed by atoms with E-state index in [0.29, 0.717) is 20.7 Å². The molecule has 0 spiro atoms. The van der Waals surface area contributed by atoms with Crippen LogP contribution in [0.1, 0.15) is 15.9 Å². The summed E-state index contributed by atoms with van der Waals surface area (Å²) in [6, 6.07) is 11.3. The summed E-state index contributed by atoms with van der Waals surface area (Å²) in [5.41, 5.74) is 1.65. The summed E-state index contributed by atoms with van der Waals surface area (Å²) in [6.07, 6.45) is 1.33. The van der Waals surface area contributed by atoms with Crippen LogP contribution in [-0.4, -0.2) is 15.3 Å². The van der Waals surface area contributed by atoms with Gasteiger partial charge in [-0.1, -0.05) is 29.0 Å². The van der Waals surface area contributed by atoms with E-state index in [1.807, 2.05) is 13.0 Å². The molecule has 5 nitrogen and oxygen atoms in total. The van der Waals surface area contributed by atoms with Crippen molar-refractivity contribution in [3.8, 4) is 0 Å². The highest BCUT2D eigenvalue weighted by atomic mass is 32.1. The molecule has 0 aliphatic carbocycles. The fraction of sp³-hybridized carbons (Fsp3) is 0.0556. The number of thiazole rings is 1. The van der Waals surface area contributed by atoms with Crippen LogP contribution in [0.15, 0.2) is 53.5 Å². The largest absolute Gasteiger partial charge is 0.316 e. The van der Waals surface area contributed by atoms with Crippen molar-refractivity contribution >= 4 is 38.1 Å². The van der Waals surface area contributed by atoms with Gasteiger partial charge in [-0.05, 0) is 37.3 Å². The van der Waals surface area contributed by atoms with E-state index in [2.05, 4.69) is 10.3 Å². The SMILES string of the molecule is Cc1cccc(C(=O)Nc2cnc3sc4cc(F)ccc4n3c2=O)c1. The summed E-state index contributed by atoms with van der Waals surface area (Å²) in [6.45, 7) is 1.88. The number of benzene rings is 2. The Bertz CT molecular complexity index is 1200. The molecule has 0 aliphatic heterocycles. The molecule has 2 aromatic heterocycles. The fourth-order valence-corrected chi connectivity index (χ4v) is 3.65. The first-order chi connectivity index (χ1) is 12.0. The second kappa shape index (κ2) is 5.78. The quantitative estimate of drug-likeness (QED) is 0.599. The van der Waals surface area contributed by atoms with Crippen molar-refractivity contribution in [1.29, 1.82) is 0 Å². The number of anilines is 1. The molecule has 1 amide bonds. The van der Waals surface area contributed by atoms with Gasteiger partial charge in [-0.2, -0.15) is 0 Å². The van der Waals surface area contributed by atoms with Gasteiger partial charge in [0.25, 0.3) is 11.5 Å². The average molecular weight is 353 g/mol. The van der Waals surface area contributed by atoms with Gasteiger partial charge in [0.15, 0.2) is 4.96 Å². The first-order valence-corrected chi connectivity index (χ1v) is 8.32. The number of rotatable bonds is 2. The maximum Gasteiger partial charge on any atom is 0.282 e. The minimum Gasteiger partial charge on any atom is -0.316 e. The predicted molar refractivity (Wildman–Crippen MR) is 95.9 cm³/mol. The molecule has 0 fully saturated rings. The van der Waals surface area contributed by atoms with Crippen LogP contribution in [-0.2, 0) is 0 Å². The van der Waals surface area contributed by atoms with E-state index in [9.17, 15) is 14.0 Å². The molecule has 0 aliphatic rings. The van der Waals surface area contributed by atoms with Crippen LogP contribution in [0.2, 0.25) is 0 Å². The number of nitrogens with one attached hydrogen (secondary N) is 1. The predicted octanol–water partition coefficient (Wildman–Crippen LogP) is 3.61. The molecule has 124 valence electrons. The number of aromatic nitrogens is 2. The van der Waals surface area contributed by atoms with Crippen molar-refractivity contribution in [2.75, 3.05) is 5.32 Å². The summed E-state index contributed by atoms with van der Waals surface area (Å²) in [5.74, 6) is -0.756. The van der Waals surface area contributed by atoms with Crippen LogP contribution >= 0.6 is 11.3 Å². The second-order valence-corrected chi connectivity index (χ2v) is 6.64. The molecular formula is C18H12FN3O2S. The molecular weight excluding hydrogens is 341 g/mol. The van der Waals surface area contributed by atoms with Gasteiger partial charge in [0, 0.05) is 5.56 Å². The number of aryl methyl sites for hydroxylation is 1. The van der Waals surface area contributed by atoms with Crippen molar-refractivity contribution in [1.82, 2.24) is 9.38 Å². The third-order valence-electron chi connectivity index (χ3n) is 3.82. The molecule has 0 unspecified atom stereocenters. The van der Waals surface area contributed by atoms with Crippen molar-refractivity contribution < 1.29 is 9.18 Å². The number of hydrogen-bond donors (Lipinski definition) is 1. The molecule has 4 rings (SSSR count). The number of hydrogen-bond acceptors (Lipinski definition) is 4. The molecule has 4 aromatic rings. The topological polar surface area (TPSA) is 63.5 Å². The first kappa shape index (κ1) is 15.5. The molecule has 0 bridgehead atoms. The van der Waals surface area contributed by atoms with E-state index in [4.69, 9.17) is 0 Å². The Morgan fingerprint density at radius 3 is 2.88 bits per heavy atom. The lowest BCUT2D eigenvalue weighted by Crippen LogP contribution is -2.22. The van der Waals surface area contributed by atoms with Gasteiger partial charge >= 0.3 is 0 Å². The highest BCUT2D eigenvalue weighted by Gasteiger charge is 2.14. The lowest BCUT2D eigenvalue weighted by Gasteiger charge is -2.05. The number of fused-ring (bicyclic) bond motifs is 3. The maximum atomic E-state index is 13.4. The number of amides is 1. The second-order valence-electron chi connectivity index (χ2n) is 5.63. The summed E-state index contributed by atoms with van der Waals surface area (Å²) in [7, 11) is 0. The lowest BCUT2D eigenvalue weighted by atomic mass is 10.1. The minimum absolute atomic E-state index is 0.0769. The Balaban J connectivity index is 1.80. The van der Waals surface area contributed by atoms with Crippen molar-refractivity contribution in [3.63, 3.8) is 0 Å². The van der Waals surface area contributed by atoms with Crippen LogP contribution in [0.5, 0.6) is 0 Å². The van der Waals surface area contributed by atoms with Gasteiger partial charge < -0.3 is 5.32 Å². The molecule has 7 heteroatoms. The zero-order valence-corrected chi connectivity index (χ0v) is 13.9. The zero-order chi connectivity index (χ0) is 17.6. The Morgan fingerprint density at radius 2 is 2.08 bits per heavy atom. The molecule has 1 N–H and O–H groups in total. The van der Waals surface area contributed by atoms with Crippen LogP contribution in [0, 0.1) is 12.7 Å². The van der Waals surface area contributed by atoms with Gasteiger partial charge in [0.2, 0.25) is 0 Å². The highest BCUT2D eigenvalue weighted by Crippen LogP contribution is 2.25. The minimum atomic E-state index is -0.399. The van der Waals surface area contributed by atoms with Crippen LogP contribution < -0.4 is 10.9 Å². The van der Waals surface area contributed by atoms with E-state index in [1.54, 1.807) is 18.2 Å². The average Bonchev–Trinajstić information content (AvgIpc) is 2.95. The molecule has 0 atom stereocenters. The van der Waals surface area contributed by atoms with Crippen LogP contribution in [0.25, 0.3) is 15.2 Å². The third-order valence-corrected chi connectivity index (χ3v) is 4.84. The third kappa shape index (κ3) is 2.68. The first-order valence-electron chi connectivity index (χ1n) is 7.51. The van der Waals surface area contributed by atoms with Gasteiger partial charge in [0.1, 0.15) is 11.5 Å². The fourth-order valence-electron chi connectivity index (χ4n) is 2.64. The van der Waals surface area contributed by atoms with Crippen LogP contribution in [0.3, 0.4) is 0 Å². The summed E-state index contributed by atoms with van der Waals surface area (Å²) in [4.78, 5) is 29.8. The Hall–Kier alpha value is -3.06. The molecule has 25 heavy (non-hydrogen) atoms. The summed E-state index contributed by atoms with van der Waals surface area (Å²) in [5, 5.41) is 2.61. The van der Waals surface area contributed by atoms with E-state index < -0.39 is 5.56 Å². The van der Waals surface area contributed by atoms with Crippen molar-refractivity contribution in [3.05, 3.63) is 76.0 Å². The van der Waals surface area contributed by atoms with E-state index in [-0.39, 0.29) is 17.4 Å². The smallest absolute Gasteiger partial charge is 0.282 e. The lowest BCUT2D eigenvalue weighted by molar-refractivity contribution is 0.102. The van der Waals surface area contributed by atoms with Gasteiger partial charge in [-0.25, -0.2) is 13.8 Å².